The molecule has 2 heterocycles. The predicted molar refractivity (Wildman–Crippen MR) is 75.8 cm³/mol. The third kappa shape index (κ3) is 2.74. The Labute approximate surface area is 124 Å². The molecular formula is C12H10Cl2N2O2S. The Morgan fingerprint density at radius 3 is 2.58 bits per heavy atom. The summed E-state index contributed by atoms with van der Waals surface area (Å²) >= 11 is 13.6. The summed E-state index contributed by atoms with van der Waals surface area (Å²) in [5.41, 5.74) is 0.702. The standard InChI is InChI=1S/C12H10Cl2N2O2S/c13-7-1-6(2-8(14)3-7)11-15-12(18-16-11)9-4-19-5-10(9)17/h1-3,9-10,17H,4-5H2. The van der Waals surface area contributed by atoms with Gasteiger partial charge in [-0.15, -0.1) is 0 Å². The van der Waals surface area contributed by atoms with Crippen molar-refractivity contribution < 1.29 is 9.63 Å². The molecule has 1 aromatic heterocycles. The smallest absolute Gasteiger partial charge is 0.233 e. The average molecular weight is 317 g/mol. The second-order valence-corrected chi connectivity index (χ2v) is 6.27. The molecule has 19 heavy (non-hydrogen) atoms. The Balaban J connectivity index is 1.92. The molecule has 100 valence electrons. The first kappa shape index (κ1) is 13.2. The molecule has 1 saturated heterocycles. The molecule has 2 unspecified atom stereocenters. The highest BCUT2D eigenvalue weighted by atomic mass is 35.5. The molecule has 1 N–H and O–H groups in total. The first-order valence-electron chi connectivity index (χ1n) is 5.69. The summed E-state index contributed by atoms with van der Waals surface area (Å²) in [5.74, 6) is 2.29. The molecule has 4 nitrogen and oxygen atoms in total. The summed E-state index contributed by atoms with van der Waals surface area (Å²) in [6.07, 6.45) is -0.429. The summed E-state index contributed by atoms with van der Waals surface area (Å²) in [6, 6.07) is 5.09. The van der Waals surface area contributed by atoms with Crippen molar-refractivity contribution in [3.63, 3.8) is 0 Å². The van der Waals surface area contributed by atoms with Crippen molar-refractivity contribution in [3.05, 3.63) is 34.1 Å². The number of rotatable bonds is 2. The van der Waals surface area contributed by atoms with Crippen LogP contribution in [0, 0.1) is 0 Å². The van der Waals surface area contributed by atoms with Gasteiger partial charge in [-0.1, -0.05) is 28.4 Å². The zero-order valence-electron chi connectivity index (χ0n) is 9.72. The van der Waals surface area contributed by atoms with Crippen molar-refractivity contribution in [1.29, 1.82) is 0 Å². The molecule has 7 heteroatoms. The summed E-state index contributed by atoms with van der Waals surface area (Å²) in [6.45, 7) is 0. The number of hydrogen-bond acceptors (Lipinski definition) is 5. The van der Waals surface area contributed by atoms with E-state index in [4.69, 9.17) is 27.7 Å². The second kappa shape index (κ2) is 5.32. The number of thioether (sulfide) groups is 1. The molecule has 1 aliphatic rings. The third-order valence-corrected chi connectivity index (χ3v) is 4.54. The van der Waals surface area contributed by atoms with Gasteiger partial charge in [0.15, 0.2) is 0 Å². The van der Waals surface area contributed by atoms with Crippen LogP contribution in [-0.2, 0) is 0 Å². The third-order valence-electron chi connectivity index (χ3n) is 2.93. The highest BCUT2D eigenvalue weighted by Crippen LogP contribution is 2.33. The Bertz CT molecular complexity index is 585. The molecule has 1 aromatic carbocycles. The summed E-state index contributed by atoms with van der Waals surface area (Å²) in [4.78, 5) is 4.33. The van der Waals surface area contributed by atoms with Crippen molar-refractivity contribution in [2.45, 2.75) is 12.0 Å². The molecule has 1 aliphatic heterocycles. The highest BCUT2D eigenvalue weighted by molar-refractivity contribution is 7.99. The fraction of sp³-hybridized carbons (Fsp3) is 0.333. The van der Waals surface area contributed by atoms with Crippen LogP contribution in [0.3, 0.4) is 0 Å². The number of halogens is 2. The zero-order valence-corrected chi connectivity index (χ0v) is 12.0. The molecule has 0 spiro atoms. The van der Waals surface area contributed by atoms with Crippen LogP contribution in [-0.4, -0.2) is 32.9 Å². The van der Waals surface area contributed by atoms with Crippen LogP contribution >= 0.6 is 35.0 Å². The summed E-state index contributed by atoms with van der Waals surface area (Å²) < 4.78 is 5.23. The van der Waals surface area contributed by atoms with E-state index in [1.54, 1.807) is 30.0 Å². The van der Waals surface area contributed by atoms with Crippen LogP contribution in [0.1, 0.15) is 11.8 Å². The first-order valence-corrected chi connectivity index (χ1v) is 7.60. The molecule has 0 amide bonds. The SMILES string of the molecule is OC1CSCC1c1nc(-c2cc(Cl)cc(Cl)c2)no1. The first-order chi connectivity index (χ1) is 9.13. The Hall–Kier alpha value is -0.750. The summed E-state index contributed by atoms with van der Waals surface area (Å²) in [5, 5.41) is 14.8. The number of hydrogen-bond donors (Lipinski definition) is 1. The minimum Gasteiger partial charge on any atom is -0.391 e. The molecule has 0 radical (unpaired) electrons. The zero-order chi connectivity index (χ0) is 13.4. The number of aromatic nitrogens is 2. The average Bonchev–Trinajstić information content (AvgIpc) is 2.95. The Morgan fingerprint density at radius 2 is 1.95 bits per heavy atom. The molecule has 3 rings (SSSR count). The van der Waals surface area contributed by atoms with Crippen molar-refractivity contribution in [2.75, 3.05) is 11.5 Å². The van der Waals surface area contributed by atoms with Gasteiger partial charge in [-0.2, -0.15) is 16.7 Å². The van der Waals surface area contributed by atoms with E-state index in [1.165, 1.54) is 0 Å². The molecule has 2 atom stereocenters. The van der Waals surface area contributed by atoms with Crippen molar-refractivity contribution in [2.24, 2.45) is 0 Å². The van der Waals surface area contributed by atoms with Gasteiger partial charge < -0.3 is 9.63 Å². The fourth-order valence-corrected chi connectivity index (χ4v) is 3.72. The summed E-state index contributed by atoms with van der Waals surface area (Å²) in [7, 11) is 0. The maximum Gasteiger partial charge on any atom is 0.233 e. The number of benzene rings is 1. The van der Waals surface area contributed by atoms with Crippen molar-refractivity contribution in [1.82, 2.24) is 10.1 Å². The number of aliphatic hydroxyl groups excluding tert-OH is 1. The Kier molecular flexibility index (Phi) is 3.71. The van der Waals surface area contributed by atoms with Crippen LogP contribution in [0.15, 0.2) is 22.7 Å². The van der Waals surface area contributed by atoms with Crippen LogP contribution in [0.4, 0.5) is 0 Å². The maximum absolute atomic E-state index is 9.82. The van der Waals surface area contributed by atoms with E-state index in [9.17, 15) is 5.11 Å². The molecule has 0 saturated carbocycles. The lowest BCUT2D eigenvalue weighted by molar-refractivity contribution is 0.164. The minimum atomic E-state index is -0.429. The molecule has 0 bridgehead atoms. The molecule has 2 aromatic rings. The van der Waals surface area contributed by atoms with Crippen LogP contribution < -0.4 is 0 Å². The predicted octanol–water partition coefficient (Wildman–Crippen LogP) is 3.23. The molecule has 1 fully saturated rings. The van der Waals surface area contributed by atoms with Gasteiger partial charge in [-0.05, 0) is 18.2 Å². The lowest BCUT2D eigenvalue weighted by Crippen LogP contribution is -2.15. The van der Waals surface area contributed by atoms with Gasteiger partial charge in [0, 0.05) is 27.1 Å². The van der Waals surface area contributed by atoms with Gasteiger partial charge >= 0.3 is 0 Å². The van der Waals surface area contributed by atoms with Gasteiger partial charge in [0.25, 0.3) is 0 Å². The van der Waals surface area contributed by atoms with Gasteiger partial charge in [-0.25, -0.2) is 0 Å². The number of nitrogens with zero attached hydrogens (tertiary/aromatic N) is 2. The Morgan fingerprint density at radius 1 is 1.21 bits per heavy atom. The van der Waals surface area contributed by atoms with E-state index >= 15 is 0 Å². The van der Waals surface area contributed by atoms with E-state index in [1.807, 2.05) is 0 Å². The topological polar surface area (TPSA) is 59.2 Å². The van der Waals surface area contributed by atoms with Gasteiger partial charge in [-0.3, -0.25) is 0 Å². The van der Waals surface area contributed by atoms with Gasteiger partial charge in [0.2, 0.25) is 11.7 Å². The van der Waals surface area contributed by atoms with Crippen LogP contribution in [0.5, 0.6) is 0 Å². The maximum atomic E-state index is 9.82. The molecular weight excluding hydrogens is 307 g/mol. The van der Waals surface area contributed by atoms with E-state index in [2.05, 4.69) is 10.1 Å². The van der Waals surface area contributed by atoms with E-state index in [0.717, 1.165) is 5.75 Å². The van der Waals surface area contributed by atoms with Crippen molar-refractivity contribution in [3.8, 4) is 11.4 Å². The lowest BCUT2D eigenvalue weighted by atomic mass is 10.1. The highest BCUT2D eigenvalue weighted by Gasteiger charge is 2.32. The van der Waals surface area contributed by atoms with Gasteiger partial charge in [0.05, 0.1) is 12.0 Å². The monoisotopic (exact) mass is 316 g/mol. The number of aliphatic hydroxyl groups is 1. The minimum absolute atomic E-state index is 0.0964. The largest absolute Gasteiger partial charge is 0.391 e. The normalized spacial score (nSPS) is 22.9. The van der Waals surface area contributed by atoms with E-state index in [0.29, 0.717) is 33.1 Å². The van der Waals surface area contributed by atoms with Crippen LogP contribution in [0.2, 0.25) is 10.0 Å². The lowest BCUT2D eigenvalue weighted by Gasteiger charge is -2.06. The van der Waals surface area contributed by atoms with Crippen molar-refractivity contribution >= 4 is 35.0 Å². The second-order valence-electron chi connectivity index (χ2n) is 4.33. The van der Waals surface area contributed by atoms with E-state index in [-0.39, 0.29) is 5.92 Å². The van der Waals surface area contributed by atoms with E-state index < -0.39 is 6.10 Å². The van der Waals surface area contributed by atoms with Crippen LogP contribution in [0.25, 0.3) is 11.4 Å². The quantitative estimate of drug-likeness (QED) is 0.921. The van der Waals surface area contributed by atoms with Gasteiger partial charge in [0.1, 0.15) is 0 Å². The molecule has 0 aliphatic carbocycles. The fourth-order valence-electron chi connectivity index (χ4n) is 1.96.